The normalized spacial score (nSPS) is 22.0. The first-order valence-electron chi connectivity index (χ1n) is 4.80. The number of hydrogen-bond donors (Lipinski definition) is 1. The summed E-state index contributed by atoms with van der Waals surface area (Å²) in [7, 11) is 0. The van der Waals surface area contributed by atoms with E-state index < -0.39 is 0 Å². The van der Waals surface area contributed by atoms with Crippen LogP contribution in [0.15, 0.2) is 30.3 Å². The first-order chi connectivity index (χ1) is 6.45. The number of benzene rings is 1. The predicted octanol–water partition coefficient (Wildman–Crippen LogP) is 1.57. The molecule has 1 saturated heterocycles. The zero-order valence-corrected chi connectivity index (χ0v) is 7.70. The summed E-state index contributed by atoms with van der Waals surface area (Å²) in [5.74, 6) is 0. The van der Waals surface area contributed by atoms with Gasteiger partial charge < -0.3 is 10.1 Å². The maximum absolute atomic E-state index is 5.28. The highest BCUT2D eigenvalue weighted by atomic mass is 16.5. The molecule has 1 heterocycles. The zero-order chi connectivity index (χ0) is 8.93. The third kappa shape index (κ3) is 2.54. The van der Waals surface area contributed by atoms with Gasteiger partial charge in [-0.1, -0.05) is 30.3 Å². The summed E-state index contributed by atoms with van der Waals surface area (Å²) in [5, 5.41) is 3.47. The van der Waals surface area contributed by atoms with E-state index in [0.717, 1.165) is 26.2 Å². The van der Waals surface area contributed by atoms with Crippen LogP contribution >= 0.6 is 0 Å². The summed E-state index contributed by atoms with van der Waals surface area (Å²) in [5.41, 5.74) is 1.34. The molecule has 70 valence electrons. The van der Waals surface area contributed by atoms with E-state index >= 15 is 0 Å². The summed E-state index contributed by atoms with van der Waals surface area (Å²) in [4.78, 5) is 0. The van der Waals surface area contributed by atoms with Crippen LogP contribution in [-0.2, 0) is 11.3 Å². The smallest absolute Gasteiger partial charge is 0.0620 e. The molecule has 0 radical (unpaired) electrons. The topological polar surface area (TPSA) is 21.3 Å². The molecule has 1 aromatic rings. The lowest BCUT2D eigenvalue weighted by molar-refractivity contribution is 0.190. The first-order valence-corrected chi connectivity index (χ1v) is 4.80. The van der Waals surface area contributed by atoms with Crippen LogP contribution in [-0.4, -0.2) is 19.3 Å². The molecule has 0 bridgehead atoms. The molecule has 0 aromatic heterocycles. The van der Waals surface area contributed by atoms with Gasteiger partial charge in [0.15, 0.2) is 0 Å². The van der Waals surface area contributed by atoms with Crippen LogP contribution in [0.2, 0.25) is 0 Å². The highest BCUT2D eigenvalue weighted by Crippen LogP contribution is 2.05. The van der Waals surface area contributed by atoms with E-state index in [0.29, 0.717) is 6.04 Å². The molecular formula is C11H15NO. The van der Waals surface area contributed by atoms with E-state index in [1.54, 1.807) is 0 Å². The van der Waals surface area contributed by atoms with Gasteiger partial charge in [0.25, 0.3) is 0 Å². The Hall–Kier alpha value is -0.860. The van der Waals surface area contributed by atoms with Crippen molar-refractivity contribution in [1.29, 1.82) is 0 Å². The van der Waals surface area contributed by atoms with Crippen LogP contribution in [0.4, 0.5) is 0 Å². The molecule has 1 fully saturated rings. The lowest BCUT2D eigenvalue weighted by atomic mass is 10.2. The summed E-state index contributed by atoms with van der Waals surface area (Å²) >= 11 is 0. The Bertz CT molecular complexity index is 242. The van der Waals surface area contributed by atoms with Gasteiger partial charge in [0.1, 0.15) is 0 Å². The molecule has 1 N–H and O–H groups in total. The summed E-state index contributed by atoms with van der Waals surface area (Å²) in [6.07, 6.45) is 1.15. The second-order valence-electron chi connectivity index (χ2n) is 3.43. The van der Waals surface area contributed by atoms with Crippen LogP contribution < -0.4 is 5.32 Å². The number of rotatable bonds is 3. The van der Waals surface area contributed by atoms with Crippen molar-refractivity contribution in [2.24, 2.45) is 0 Å². The second kappa shape index (κ2) is 4.40. The lowest BCUT2D eigenvalue weighted by Crippen LogP contribution is -2.28. The minimum absolute atomic E-state index is 0.556. The summed E-state index contributed by atoms with van der Waals surface area (Å²) < 4.78 is 5.28. The van der Waals surface area contributed by atoms with Gasteiger partial charge in [-0.05, 0) is 12.0 Å². The first kappa shape index (κ1) is 8.73. The molecule has 13 heavy (non-hydrogen) atoms. The third-order valence-corrected chi connectivity index (χ3v) is 2.37. The van der Waals surface area contributed by atoms with Crippen LogP contribution in [0.25, 0.3) is 0 Å². The van der Waals surface area contributed by atoms with Gasteiger partial charge >= 0.3 is 0 Å². The van der Waals surface area contributed by atoms with E-state index in [-0.39, 0.29) is 0 Å². The van der Waals surface area contributed by atoms with E-state index in [9.17, 15) is 0 Å². The van der Waals surface area contributed by atoms with Gasteiger partial charge in [-0.3, -0.25) is 0 Å². The summed E-state index contributed by atoms with van der Waals surface area (Å²) in [6.45, 7) is 2.73. The maximum Gasteiger partial charge on any atom is 0.0620 e. The minimum Gasteiger partial charge on any atom is -0.380 e. The van der Waals surface area contributed by atoms with E-state index in [1.165, 1.54) is 5.56 Å². The largest absolute Gasteiger partial charge is 0.380 e. The number of hydrogen-bond acceptors (Lipinski definition) is 2. The van der Waals surface area contributed by atoms with E-state index in [4.69, 9.17) is 4.74 Å². The van der Waals surface area contributed by atoms with Gasteiger partial charge in [0, 0.05) is 19.2 Å². The van der Waals surface area contributed by atoms with Crippen molar-refractivity contribution >= 4 is 0 Å². The van der Waals surface area contributed by atoms with Crippen LogP contribution in [0.3, 0.4) is 0 Å². The Morgan fingerprint density at radius 1 is 1.31 bits per heavy atom. The third-order valence-electron chi connectivity index (χ3n) is 2.37. The van der Waals surface area contributed by atoms with Crippen molar-refractivity contribution in [2.75, 3.05) is 13.2 Å². The zero-order valence-electron chi connectivity index (χ0n) is 7.70. The maximum atomic E-state index is 5.28. The molecule has 2 rings (SSSR count). The highest BCUT2D eigenvalue weighted by molar-refractivity contribution is 5.14. The molecule has 1 atom stereocenters. The molecule has 0 amide bonds. The highest BCUT2D eigenvalue weighted by Gasteiger charge is 2.13. The lowest BCUT2D eigenvalue weighted by Gasteiger charge is -2.09. The minimum atomic E-state index is 0.556. The molecule has 1 aliphatic rings. The van der Waals surface area contributed by atoms with Gasteiger partial charge in [-0.25, -0.2) is 0 Å². The molecule has 0 unspecified atom stereocenters. The Morgan fingerprint density at radius 2 is 2.15 bits per heavy atom. The van der Waals surface area contributed by atoms with Crippen molar-refractivity contribution in [1.82, 2.24) is 5.32 Å². The molecule has 0 spiro atoms. The average molecular weight is 177 g/mol. The SMILES string of the molecule is c1ccc(CN[C@H]2CCOC2)cc1. The Labute approximate surface area is 78.9 Å². The van der Waals surface area contributed by atoms with E-state index in [2.05, 4.69) is 29.6 Å². The molecule has 1 aliphatic heterocycles. The van der Waals surface area contributed by atoms with Crippen molar-refractivity contribution in [3.63, 3.8) is 0 Å². The molecule has 1 aromatic carbocycles. The van der Waals surface area contributed by atoms with Crippen LogP contribution in [0.5, 0.6) is 0 Å². The predicted molar refractivity (Wildman–Crippen MR) is 52.5 cm³/mol. The monoisotopic (exact) mass is 177 g/mol. The summed E-state index contributed by atoms with van der Waals surface area (Å²) in [6, 6.07) is 11.0. The van der Waals surface area contributed by atoms with Gasteiger partial charge in [0.05, 0.1) is 6.61 Å². The fourth-order valence-corrected chi connectivity index (χ4v) is 1.55. The number of nitrogens with one attached hydrogen (secondary N) is 1. The Morgan fingerprint density at radius 3 is 2.85 bits per heavy atom. The van der Waals surface area contributed by atoms with Crippen molar-refractivity contribution in [3.8, 4) is 0 Å². The molecule has 2 heteroatoms. The number of ether oxygens (including phenoxy) is 1. The van der Waals surface area contributed by atoms with Crippen molar-refractivity contribution in [2.45, 2.75) is 19.0 Å². The van der Waals surface area contributed by atoms with Gasteiger partial charge in [0.2, 0.25) is 0 Å². The average Bonchev–Trinajstić information content (AvgIpc) is 2.69. The van der Waals surface area contributed by atoms with Gasteiger partial charge in [-0.15, -0.1) is 0 Å². The molecule has 2 nitrogen and oxygen atoms in total. The fraction of sp³-hybridized carbons (Fsp3) is 0.455. The van der Waals surface area contributed by atoms with Crippen LogP contribution in [0.1, 0.15) is 12.0 Å². The van der Waals surface area contributed by atoms with Crippen molar-refractivity contribution < 1.29 is 4.74 Å². The Kier molecular flexibility index (Phi) is 2.95. The van der Waals surface area contributed by atoms with E-state index in [1.807, 2.05) is 6.07 Å². The van der Waals surface area contributed by atoms with Crippen LogP contribution in [0, 0.1) is 0 Å². The fourth-order valence-electron chi connectivity index (χ4n) is 1.55. The second-order valence-corrected chi connectivity index (χ2v) is 3.43. The quantitative estimate of drug-likeness (QED) is 0.756. The van der Waals surface area contributed by atoms with Crippen molar-refractivity contribution in [3.05, 3.63) is 35.9 Å². The Balaban J connectivity index is 1.79. The standard InChI is InChI=1S/C11H15NO/c1-2-4-10(5-3-1)8-12-11-6-7-13-9-11/h1-5,11-12H,6-9H2/t11-/m0/s1. The molecular weight excluding hydrogens is 162 g/mol. The molecule has 0 saturated carbocycles. The molecule has 0 aliphatic carbocycles. The van der Waals surface area contributed by atoms with Gasteiger partial charge in [-0.2, -0.15) is 0 Å².